The van der Waals surface area contributed by atoms with Crippen LogP contribution in [0.15, 0.2) is 54.7 Å². The molecule has 1 aliphatic rings. The highest BCUT2D eigenvalue weighted by atomic mass is 35.5. The van der Waals surface area contributed by atoms with Crippen molar-refractivity contribution >= 4 is 28.4 Å². The Morgan fingerprint density at radius 1 is 1.04 bits per heavy atom. The van der Waals surface area contributed by atoms with Crippen molar-refractivity contribution in [1.82, 2.24) is 14.8 Å². The number of carbonyl (C=O) groups is 1. The van der Waals surface area contributed by atoms with E-state index in [9.17, 15) is 4.79 Å². The van der Waals surface area contributed by atoms with Gasteiger partial charge in [-0.05, 0) is 36.2 Å². The fourth-order valence-electron chi connectivity index (χ4n) is 3.71. The molecule has 1 aromatic heterocycles. The number of amides is 1. The Hall–Kier alpha value is -2.43. The van der Waals surface area contributed by atoms with E-state index in [-0.39, 0.29) is 5.91 Å². The van der Waals surface area contributed by atoms with Crippen LogP contribution >= 0.6 is 11.6 Å². The highest BCUT2D eigenvalue weighted by Crippen LogP contribution is 2.26. The van der Waals surface area contributed by atoms with Gasteiger partial charge in [-0.3, -0.25) is 14.7 Å². The van der Waals surface area contributed by atoms with Crippen molar-refractivity contribution in [3.8, 4) is 0 Å². The summed E-state index contributed by atoms with van der Waals surface area (Å²) in [5.41, 5.74) is 4.44. The summed E-state index contributed by atoms with van der Waals surface area (Å²) in [4.78, 5) is 21.5. The maximum atomic E-state index is 12.6. The fourth-order valence-corrected chi connectivity index (χ4v) is 3.93. The van der Waals surface area contributed by atoms with Crippen molar-refractivity contribution in [2.75, 3.05) is 26.2 Å². The third kappa shape index (κ3) is 4.18. The minimum absolute atomic E-state index is 0.210. The molecule has 0 unspecified atom stereocenters. The predicted molar refractivity (Wildman–Crippen MR) is 113 cm³/mol. The number of rotatable bonds is 4. The molecule has 5 heteroatoms. The molecule has 0 N–H and O–H groups in total. The van der Waals surface area contributed by atoms with Crippen molar-refractivity contribution in [2.24, 2.45) is 0 Å². The maximum Gasteiger partial charge on any atom is 0.227 e. The van der Waals surface area contributed by atoms with Crippen LogP contribution in [0, 0.1) is 6.92 Å². The van der Waals surface area contributed by atoms with Crippen LogP contribution in [-0.2, 0) is 17.8 Å². The van der Waals surface area contributed by atoms with Crippen LogP contribution in [0.2, 0.25) is 5.02 Å². The van der Waals surface area contributed by atoms with E-state index in [0.29, 0.717) is 6.42 Å². The van der Waals surface area contributed by atoms with E-state index in [1.54, 1.807) is 0 Å². The van der Waals surface area contributed by atoms with Crippen LogP contribution in [-0.4, -0.2) is 46.9 Å². The van der Waals surface area contributed by atoms with Gasteiger partial charge in [0.25, 0.3) is 0 Å². The molecule has 0 atom stereocenters. The standard InChI is InChI=1S/C23H24ClN3O/c1-17-4-6-18(7-5-17)15-22(28)27-13-11-26(12-14-27)16-19-8-9-21(24)20-3-2-10-25-23(19)20/h2-10H,11-16H2,1H3. The SMILES string of the molecule is Cc1ccc(CC(=O)N2CCN(Cc3ccc(Cl)c4cccnc34)CC2)cc1. The van der Waals surface area contributed by atoms with Gasteiger partial charge in [-0.1, -0.05) is 47.5 Å². The predicted octanol–water partition coefficient (Wildman–Crippen LogP) is 4.08. The summed E-state index contributed by atoms with van der Waals surface area (Å²) in [5, 5.41) is 1.73. The molecule has 2 heterocycles. The summed E-state index contributed by atoms with van der Waals surface area (Å²) in [6.45, 7) is 6.16. The number of benzene rings is 2. The van der Waals surface area contributed by atoms with Crippen molar-refractivity contribution < 1.29 is 4.79 Å². The Kier molecular flexibility index (Phi) is 5.60. The topological polar surface area (TPSA) is 36.4 Å². The van der Waals surface area contributed by atoms with Crippen LogP contribution < -0.4 is 0 Å². The van der Waals surface area contributed by atoms with Crippen molar-refractivity contribution in [2.45, 2.75) is 19.9 Å². The van der Waals surface area contributed by atoms with E-state index >= 15 is 0 Å². The Balaban J connectivity index is 1.36. The van der Waals surface area contributed by atoms with Crippen molar-refractivity contribution in [3.05, 3.63) is 76.4 Å². The van der Waals surface area contributed by atoms with Gasteiger partial charge in [0.05, 0.1) is 11.9 Å². The lowest BCUT2D eigenvalue weighted by Gasteiger charge is -2.35. The normalized spacial score (nSPS) is 15.1. The van der Waals surface area contributed by atoms with Crippen LogP contribution in [0.4, 0.5) is 0 Å². The van der Waals surface area contributed by atoms with E-state index in [0.717, 1.165) is 54.2 Å². The summed E-state index contributed by atoms with van der Waals surface area (Å²) >= 11 is 6.30. The second-order valence-electron chi connectivity index (χ2n) is 7.43. The Morgan fingerprint density at radius 2 is 1.79 bits per heavy atom. The average Bonchev–Trinajstić information content (AvgIpc) is 2.72. The monoisotopic (exact) mass is 393 g/mol. The molecule has 4 rings (SSSR count). The maximum absolute atomic E-state index is 12.6. The number of fused-ring (bicyclic) bond motifs is 1. The number of carbonyl (C=O) groups excluding carboxylic acids is 1. The Bertz CT molecular complexity index is 979. The van der Waals surface area contributed by atoms with Gasteiger partial charge in [0.1, 0.15) is 0 Å². The minimum Gasteiger partial charge on any atom is -0.340 e. The zero-order chi connectivity index (χ0) is 19.5. The van der Waals surface area contributed by atoms with Gasteiger partial charge >= 0.3 is 0 Å². The molecule has 144 valence electrons. The van der Waals surface area contributed by atoms with Crippen LogP contribution in [0.25, 0.3) is 10.9 Å². The molecule has 28 heavy (non-hydrogen) atoms. The smallest absolute Gasteiger partial charge is 0.227 e. The summed E-state index contributed by atoms with van der Waals surface area (Å²) in [6.07, 6.45) is 2.29. The van der Waals surface area contributed by atoms with Gasteiger partial charge < -0.3 is 4.90 Å². The van der Waals surface area contributed by atoms with Crippen LogP contribution in [0.5, 0.6) is 0 Å². The van der Waals surface area contributed by atoms with E-state index in [1.807, 2.05) is 41.4 Å². The molecule has 0 aliphatic carbocycles. The number of aryl methyl sites for hydroxylation is 1. The first-order valence-electron chi connectivity index (χ1n) is 9.68. The lowest BCUT2D eigenvalue weighted by atomic mass is 10.1. The van der Waals surface area contributed by atoms with E-state index in [2.05, 4.69) is 35.0 Å². The van der Waals surface area contributed by atoms with Gasteiger partial charge in [0.2, 0.25) is 5.91 Å². The largest absolute Gasteiger partial charge is 0.340 e. The second kappa shape index (κ2) is 8.29. The number of aromatic nitrogens is 1. The average molecular weight is 394 g/mol. The van der Waals surface area contributed by atoms with E-state index < -0.39 is 0 Å². The quantitative estimate of drug-likeness (QED) is 0.670. The van der Waals surface area contributed by atoms with Crippen molar-refractivity contribution in [1.29, 1.82) is 0 Å². The molecule has 0 bridgehead atoms. The number of halogens is 1. The first-order valence-corrected chi connectivity index (χ1v) is 10.1. The molecular weight excluding hydrogens is 370 g/mol. The number of pyridine rings is 1. The minimum atomic E-state index is 0.210. The summed E-state index contributed by atoms with van der Waals surface area (Å²) in [6, 6.07) is 16.1. The van der Waals surface area contributed by atoms with E-state index in [1.165, 1.54) is 11.1 Å². The molecule has 0 radical (unpaired) electrons. The zero-order valence-corrected chi connectivity index (χ0v) is 16.8. The van der Waals surface area contributed by atoms with Crippen LogP contribution in [0.1, 0.15) is 16.7 Å². The molecule has 0 spiro atoms. The Labute approximate surface area is 170 Å². The summed E-state index contributed by atoms with van der Waals surface area (Å²) in [5.74, 6) is 0.210. The number of hydrogen-bond donors (Lipinski definition) is 0. The molecule has 0 saturated carbocycles. The highest BCUT2D eigenvalue weighted by Gasteiger charge is 2.22. The lowest BCUT2D eigenvalue weighted by Crippen LogP contribution is -2.48. The first-order chi connectivity index (χ1) is 13.6. The molecule has 1 amide bonds. The number of nitrogens with zero attached hydrogens (tertiary/aromatic N) is 3. The van der Waals surface area contributed by atoms with Gasteiger partial charge in [-0.15, -0.1) is 0 Å². The van der Waals surface area contributed by atoms with E-state index in [4.69, 9.17) is 11.6 Å². The third-order valence-electron chi connectivity index (χ3n) is 5.39. The summed E-state index contributed by atoms with van der Waals surface area (Å²) in [7, 11) is 0. The first kappa shape index (κ1) is 18.9. The van der Waals surface area contributed by atoms with Crippen molar-refractivity contribution in [3.63, 3.8) is 0 Å². The molecular formula is C23H24ClN3O. The summed E-state index contributed by atoms with van der Waals surface area (Å²) < 4.78 is 0. The molecule has 1 fully saturated rings. The lowest BCUT2D eigenvalue weighted by molar-refractivity contribution is -0.132. The molecule has 1 aliphatic heterocycles. The third-order valence-corrected chi connectivity index (χ3v) is 5.72. The highest BCUT2D eigenvalue weighted by molar-refractivity contribution is 6.35. The number of hydrogen-bond acceptors (Lipinski definition) is 3. The van der Waals surface area contributed by atoms with Gasteiger partial charge in [-0.25, -0.2) is 0 Å². The molecule has 2 aromatic carbocycles. The Morgan fingerprint density at radius 3 is 2.54 bits per heavy atom. The fraction of sp³-hybridized carbons (Fsp3) is 0.304. The molecule has 4 nitrogen and oxygen atoms in total. The van der Waals surface area contributed by atoms with Gasteiger partial charge in [0, 0.05) is 49.3 Å². The second-order valence-corrected chi connectivity index (χ2v) is 7.83. The molecule has 1 saturated heterocycles. The zero-order valence-electron chi connectivity index (χ0n) is 16.1. The van der Waals surface area contributed by atoms with Crippen LogP contribution in [0.3, 0.4) is 0 Å². The van der Waals surface area contributed by atoms with Gasteiger partial charge in [-0.2, -0.15) is 0 Å². The molecule has 3 aromatic rings. The number of piperazine rings is 1. The van der Waals surface area contributed by atoms with Gasteiger partial charge in [0.15, 0.2) is 0 Å².